The van der Waals surface area contributed by atoms with E-state index >= 15 is 0 Å². The molecule has 1 aliphatic heterocycles. The number of aryl methyl sites for hydroxylation is 1. The van der Waals surface area contributed by atoms with Gasteiger partial charge < -0.3 is 10.2 Å². The van der Waals surface area contributed by atoms with E-state index < -0.39 is 12.2 Å². The molecule has 1 saturated heterocycles. The average molecular weight is 293 g/mol. The van der Waals surface area contributed by atoms with E-state index in [4.69, 9.17) is 11.6 Å². The van der Waals surface area contributed by atoms with Crippen LogP contribution in [0.1, 0.15) is 11.1 Å². The molecule has 2 N–H and O–H groups in total. The highest BCUT2D eigenvalue weighted by molar-refractivity contribution is 6.30. The van der Waals surface area contributed by atoms with Crippen molar-refractivity contribution < 1.29 is 10.2 Å². The first kappa shape index (κ1) is 13.8. The monoisotopic (exact) mass is 292 g/mol. The van der Waals surface area contributed by atoms with E-state index in [0.29, 0.717) is 24.8 Å². The second-order valence-corrected chi connectivity index (χ2v) is 5.82. The van der Waals surface area contributed by atoms with E-state index in [1.54, 1.807) is 0 Å². The Kier molecular flexibility index (Phi) is 3.65. The number of hydrogen-bond donors (Lipinski definition) is 2. The summed E-state index contributed by atoms with van der Waals surface area (Å²) in [6, 6.07) is 8.12. The summed E-state index contributed by atoms with van der Waals surface area (Å²) in [7, 11) is 0. The van der Waals surface area contributed by atoms with Gasteiger partial charge in [-0.1, -0.05) is 23.7 Å². The second-order valence-electron chi connectivity index (χ2n) is 5.46. The van der Waals surface area contributed by atoms with Crippen LogP contribution in [0.25, 0.3) is 10.9 Å². The Bertz CT molecular complexity index is 637. The molecule has 1 aromatic carbocycles. The normalized spacial score (nSPS) is 23.6. The molecule has 106 valence electrons. The van der Waals surface area contributed by atoms with Gasteiger partial charge in [-0.05, 0) is 24.6 Å². The van der Waals surface area contributed by atoms with Crippen LogP contribution in [0.4, 0.5) is 0 Å². The SMILES string of the molecule is Cc1ccc2cc(CN3CC(O)C(O)C3)c(Cl)nc2c1. The fraction of sp³-hybridized carbons (Fsp3) is 0.400. The van der Waals surface area contributed by atoms with Crippen LogP contribution >= 0.6 is 11.6 Å². The van der Waals surface area contributed by atoms with Crippen molar-refractivity contribution in [2.75, 3.05) is 13.1 Å². The van der Waals surface area contributed by atoms with Crippen molar-refractivity contribution in [2.45, 2.75) is 25.7 Å². The van der Waals surface area contributed by atoms with Gasteiger partial charge in [-0.2, -0.15) is 0 Å². The summed E-state index contributed by atoms with van der Waals surface area (Å²) >= 11 is 6.24. The first-order chi connectivity index (χ1) is 9.52. The number of fused-ring (bicyclic) bond motifs is 1. The minimum Gasteiger partial charge on any atom is -0.389 e. The number of aliphatic hydroxyl groups excluding tert-OH is 2. The van der Waals surface area contributed by atoms with Crippen molar-refractivity contribution in [1.29, 1.82) is 0 Å². The lowest BCUT2D eigenvalue weighted by Crippen LogP contribution is -2.22. The fourth-order valence-electron chi connectivity index (χ4n) is 2.63. The Hall–Kier alpha value is -1.20. The topological polar surface area (TPSA) is 56.6 Å². The summed E-state index contributed by atoms with van der Waals surface area (Å²) in [5.41, 5.74) is 2.96. The molecule has 5 heteroatoms. The number of benzene rings is 1. The Morgan fingerprint density at radius 2 is 1.95 bits per heavy atom. The lowest BCUT2D eigenvalue weighted by Gasteiger charge is -2.16. The number of likely N-dealkylation sites (tertiary alicyclic amines) is 1. The molecule has 1 aromatic heterocycles. The Morgan fingerprint density at radius 3 is 2.65 bits per heavy atom. The van der Waals surface area contributed by atoms with E-state index in [2.05, 4.69) is 4.98 Å². The molecule has 2 unspecified atom stereocenters. The summed E-state index contributed by atoms with van der Waals surface area (Å²) in [5, 5.41) is 20.7. The molecule has 2 aromatic rings. The number of rotatable bonds is 2. The summed E-state index contributed by atoms with van der Waals surface area (Å²) in [4.78, 5) is 6.41. The number of aromatic nitrogens is 1. The number of halogens is 1. The van der Waals surface area contributed by atoms with Crippen molar-refractivity contribution >= 4 is 22.5 Å². The van der Waals surface area contributed by atoms with Gasteiger partial charge in [-0.3, -0.25) is 4.90 Å². The summed E-state index contributed by atoms with van der Waals surface area (Å²) in [6.45, 7) is 3.53. The van der Waals surface area contributed by atoms with Crippen molar-refractivity contribution in [2.24, 2.45) is 0 Å². The van der Waals surface area contributed by atoms with Crippen molar-refractivity contribution in [3.63, 3.8) is 0 Å². The molecule has 0 saturated carbocycles. The predicted molar refractivity (Wildman–Crippen MR) is 78.8 cm³/mol. The van der Waals surface area contributed by atoms with Crippen LogP contribution in [-0.2, 0) is 6.54 Å². The molecule has 2 atom stereocenters. The zero-order chi connectivity index (χ0) is 14.3. The van der Waals surface area contributed by atoms with Crippen LogP contribution in [0.15, 0.2) is 24.3 Å². The average Bonchev–Trinajstić information content (AvgIpc) is 2.69. The molecule has 1 fully saturated rings. The summed E-state index contributed by atoms with van der Waals surface area (Å²) < 4.78 is 0. The van der Waals surface area contributed by atoms with Crippen molar-refractivity contribution in [1.82, 2.24) is 9.88 Å². The highest BCUT2D eigenvalue weighted by atomic mass is 35.5. The zero-order valence-electron chi connectivity index (χ0n) is 11.3. The van der Waals surface area contributed by atoms with E-state index in [0.717, 1.165) is 22.0 Å². The molecule has 20 heavy (non-hydrogen) atoms. The van der Waals surface area contributed by atoms with Gasteiger partial charge in [0.1, 0.15) is 5.15 Å². The smallest absolute Gasteiger partial charge is 0.134 e. The minimum atomic E-state index is -0.676. The van der Waals surface area contributed by atoms with Crippen molar-refractivity contribution in [3.8, 4) is 0 Å². The van der Waals surface area contributed by atoms with Gasteiger partial charge in [0.15, 0.2) is 0 Å². The van der Waals surface area contributed by atoms with Gasteiger partial charge in [0, 0.05) is 30.6 Å². The molecule has 0 aliphatic carbocycles. The summed E-state index contributed by atoms with van der Waals surface area (Å²) in [5.74, 6) is 0. The number of aliphatic hydroxyl groups is 2. The molecule has 3 rings (SSSR count). The van der Waals surface area contributed by atoms with Crippen LogP contribution in [0, 0.1) is 6.92 Å². The molecular weight excluding hydrogens is 276 g/mol. The molecular formula is C15H17ClN2O2. The van der Waals surface area contributed by atoms with Gasteiger partial charge in [-0.25, -0.2) is 4.98 Å². The Balaban J connectivity index is 1.88. The van der Waals surface area contributed by atoms with Crippen LogP contribution in [0.3, 0.4) is 0 Å². The first-order valence-electron chi connectivity index (χ1n) is 6.67. The van der Waals surface area contributed by atoms with Crippen LogP contribution in [0.2, 0.25) is 5.15 Å². The molecule has 4 nitrogen and oxygen atoms in total. The largest absolute Gasteiger partial charge is 0.389 e. The maximum Gasteiger partial charge on any atom is 0.134 e. The lowest BCUT2D eigenvalue weighted by atomic mass is 10.1. The van der Waals surface area contributed by atoms with Gasteiger partial charge in [0.2, 0.25) is 0 Å². The number of hydrogen-bond acceptors (Lipinski definition) is 4. The molecule has 0 bridgehead atoms. The number of β-amino-alcohol motifs (C(OH)–C–C–N with tert-alkyl or cyclic N) is 2. The van der Waals surface area contributed by atoms with Gasteiger partial charge in [0.25, 0.3) is 0 Å². The van der Waals surface area contributed by atoms with Gasteiger partial charge >= 0.3 is 0 Å². The molecule has 0 spiro atoms. The third-order valence-corrected chi connectivity index (χ3v) is 4.06. The standard InChI is InChI=1S/C15H17ClN2O2/c1-9-2-3-10-5-11(15(16)17-12(10)4-9)6-18-7-13(19)14(20)8-18/h2-5,13-14,19-20H,6-8H2,1H3. The highest BCUT2D eigenvalue weighted by Crippen LogP contribution is 2.24. The van der Waals surface area contributed by atoms with E-state index in [1.807, 2.05) is 36.1 Å². The Labute approximate surface area is 122 Å². The maximum absolute atomic E-state index is 9.58. The van der Waals surface area contributed by atoms with Gasteiger partial charge in [-0.15, -0.1) is 0 Å². The lowest BCUT2D eigenvalue weighted by molar-refractivity contribution is 0.0572. The maximum atomic E-state index is 9.58. The summed E-state index contributed by atoms with van der Waals surface area (Å²) in [6.07, 6.45) is -1.35. The molecule has 0 radical (unpaired) electrons. The predicted octanol–water partition coefficient (Wildman–Crippen LogP) is 1.73. The zero-order valence-corrected chi connectivity index (χ0v) is 12.0. The van der Waals surface area contributed by atoms with E-state index in [-0.39, 0.29) is 0 Å². The van der Waals surface area contributed by atoms with Crippen LogP contribution < -0.4 is 0 Å². The number of nitrogens with zero attached hydrogens (tertiary/aromatic N) is 2. The highest BCUT2D eigenvalue weighted by Gasteiger charge is 2.29. The fourth-order valence-corrected chi connectivity index (χ4v) is 2.83. The second kappa shape index (κ2) is 5.30. The number of pyridine rings is 1. The molecule has 1 aliphatic rings. The Morgan fingerprint density at radius 1 is 1.25 bits per heavy atom. The molecule has 0 amide bonds. The van der Waals surface area contributed by atoms with Gasteiger partial charge in [0.05, 0.1) is 17.7 Å². The first-order valence-corrected chi connectivity index (χ1v) is 7.05. The minimum absolute atomic E-state index is 0.462. The van der Waals surface area contributed by atoms with E-state index in [9.17, 15) is 10.2 Å². The van der Waals surface area contributed by atoms with Crippen LogP contribution in [-0.4, -0.2) is 45.4 Å². The quantitative estimate of drug-likeness (QED) is 0.828. The van der Waals surface area contributed by atoms with Crippen molar-refractivity contribution in [3.05, 3.63) is 40.5 Å². The third-order valence-electron chi connectivity index (χ3n) is 3.73. The van der Waals surface area contributed by atoms with Crippen LogP contribution in [0.5, 0.6) is 0 Å². The molecule has 2 heterocycles. The third kappa shape index (κ3) is 2.65. The van der Waals surface area contributed by atoms with E-state index in [1.165, 1.54) is 0 Å².